The van der Waals surface area contributed by atoms with Gasteiger partial charge in [-0.2, -0.15) is 0 Å². The van der Waals surface area contributed by atoms with Crippen molar-refractivity contribution in [1.82, 2.24) is 20.0 Å². The Kier molecular flexibility index (Phi) is 5.67. The van der Waals surface area contributed by atoms with Crippen LogP contribution in [0.1, 0.15) is 39.2 Å². The summed E-state index contributed by atoms with van der Waals surface area (Å²) in [5, 5.41) is 10.3. The van der Waals surface area contributed by atoms with Crippen molar-refractivity contribution < 1.29 is 9.53 Å². The van der Waals surface area contributed by atoms with E-state index in [1.54, 1.807) is 18.5 Å². The maximum atomic E-state index is 11.6. The SMILES string of the molecule is CC(C)(C)OC(=O)Nc1ccc(CCCCn2ccnn2)cn1. The molecule has 124 valence electrons. The summed E-state index contributed by atoms with van der Waals surface area (Å²) in [7, 11) is 0. The number of unbranched alkanes of at least 4 members (excludes halogenated alkanes) is 1. The van der Waals surface area contributed by atoms with Gasteiger partial charge in [-0.1, -0.05) is 11.3 Å². The first-order chi connectivity index (χ1) is 10.9. The van der Waals surface area contributed by atoms with Crippen molar-refractivity contribution >= 4 is 11.9 Å². The molecule has 0 spiro atoms. The Labute approximate surface area is 136 Å². The van der Waals surface area contributed by atoms with Crippen LogP contribution in [-0.4, -0.2) is 31.7 Å². The van der Waals surface area contributed by atoms with Gasteiger partial charge in [0.05, 0.1) is 6.20 Å². The second-order valence-corrected chi connectivity index (χ2v) is 6.30. The Balaban J connectivity index is 1.72. The minimum Gasteiger partial charge on any atom is -0.444 e. The number of rotatable bonds is 6. The number of hydrogen-bond donors (Lipinski definition) is 1. The van der Waals surface area contributed by atoms with Gasteiger partial charge in [0, 0.05) is 18.9 Å². The van der Waals surface area contributed by atoms with E-state index in [0.29, 0.717) is 5.82 Å². The van der Waals surface area contributed by atoms with Crippen LogP contribution >= 0.6 is 0 Å². The minimum atomic E-state index is -0.520. The summed E-state index contributed by atoms with van der Waals surface area (Å²) in [5.41, 5.74) is 0.618. The van der Waals surface area contributed by atoms with E-state index in [-0.39, 0.29) is 0 Å². The largest absolute Gasteiger partial charge is 0.444 e. The van der Waals surface area contributed by atoms with Crippen molar-refractivity contribution in [2.45, 2.75) is 52.2 Å². The Hall–Kier alpha value is -2.44. The molecule has 1 amide bonds. The third-order valence-corrected chi connectivity index (χ3v) is 3.03. The van der Waals surface area contributed by atoms with Crippen LogP contribution in [0.2, 0.25) is 0 Å². The Bertz CT molecular complexity index is 602. The van der Waals surface area contributed by atoms with Crippen molar-refractivity contribution in [3.8, 4) is 0 Å². The van der Waals surface area contributed by atoms with Gasteiger partial charge in [0.2, 0.25) is 0 Å². The molecule has 2 heterocycles. The summed E-state index contributed by atoms with van der Waals surface area (Å²) in [6.07, 6.45) is 7.84. The topological polar surface area (TPSA) is 81.9 Å². The maximum Gasteiger partial charge on any atom is 0.413 e. The fourth-order valence-electron chi connectivity index (χ4n) is 2.01. The molecule has 7 heteroatoms. The van der Waals surface area contributed by atoms with Crippen LogP contribution in [0.5, 0.6) is 0 Å². The first-order valence-electron chi connectivity index (χ1n) is 7.71. The molecule has 7 nitrogen and oxygen atoms in total. The zero-order valence-electron chi connectivity index (χ0n) is 13.8. The van der Waals surface area contributed by atoms with Crippen LogP contribution in [0.25, 0.3) is 0 Å². The molecule has 2 aromatic heterocycles. The summed E-state index contributed by atoms with van der Waals surface area (Å²) in [4.78, 5) is 15.9. The molecule has 2 aromatic rings. The van der Waals surface area contributed by atoms with Crippen molar-refractivity contribution in [2.24, 2.45) is 0 Å². The van der Waals surface area contributed by atoms with Gasteiger partial charge in [0.25, 0.3) is 0 Å². The number of aromatic nitrogens is 4. The standard InChI is InChI=1S/C16H23N5O2/c1-16(2,3)23-15(22)19-14-8-7-13(12-17-14)6-4-5-10-21-11-9-18-20-21/h7-9,11-12H,4-6,10H2,1-3H3,(H,17,19,22). The number of carbonyl (C=O) groups excluding carboxylic acids is 1. The molecule has 23 heavy (non-hydrogen) atoms. The smallest absolute Gasteiger partial charge is 0.413 e. The second kappa shape index (κ2) is 7.71. The van der Waals surface area contributed by atoms with E-state index in [2.05, 4.69) is 20.6 Å². The van der Waals surface area contributed by atoms with Crippen molar-refractivity contribution in [2.75, 3.05) is 5.32 Å². The lowest BCUT2D eigenvalue weighted by Gasteiger charge is -2.19. The molecule has 0 fully saturated rings. The van der Waals surface area contributed by atoms with Crippen LogP contribution < -0.4 is 5.32 Å². The highest BCUT2D eigenvalue weighted by Crippen LogP contribution is 2.11. The number of nitrogens with zero attached hydrogens (tertiary/aromatic N) is 4. The number of nitrogens with one attached hydrogen (secondary N) is 1. The lowest BCUT2D eigenvalue weighted by Crippen LogP contribution is -2.27. The summed E-state index contributed by atoms with van der Waals surface area (Å²) in [5.74, 6) is 0.491. The molecule has 0 radical (unpaired) electrons. The molecule has 0 saturated heterocycles. The van der Waals surface area contributed by atoms with Gasteiger partial charge in [0.1, 0.15) is 11.4 Å². The predicted molar refractivity (Wildman–Crippen MR) is 87.1 cm³/mol. The lowest BCUT2D eigenvalue weighted by molar-refractivity contribution is 0.0635. The number of carbonyl (C=O) groups is 1. The summed E-state index contributed by atoms with van der Waals surface area (Å²) in [6, 6.07) is 3.76. The lowest BCUT2D eigenvalue weighted by atomic mass is 10.1. The highest BCUT2D eigenvalue weighted by molar-refractivity contribution is 5.83. The molecule has 0 bridgehead atoms. The Morgan fingerprint density at radius 2 is 2.13 bits per heavy atom. The second-order valence-electron chi connectivity index (χ2n) is 6.30. The average molecular weight is 317 g/mol. The number of pyridine rings is 1. The number of ether oxygens (including phenoxy) is 1. The zero-order chi connectivity index (χ0) is 16.7. The number of anilines is 1. The zero-order valence-corrected chi connectivity index (χ0v) is 13.8. The molecule has 0 aliphatic carbocycles. The molecule has 0 unspecified atom stereocenters. The van der Waals surface area contributed by atoms with Crippen LogP contribution in [0.3, 0.4) is 0 Å². The predicted octanol–water partition coefficient (Wildman–Crippen LogP) is 3.04. The summed E-state index contributed by atoms with van der Waals surface area (Å²) >= 11 is 0. The van der Waals surface area contributed by atoms with Gasteiger partial charge < -0.3 is 4.74 Å². The minimum absolute atomic E-state index is 0.491. The number of hydrogen-bond acceptors (Lipinski definition) is 5. The Morgan fingerprint density at radius 1 is 1.30 bits per heavy atom. The monoisotopic (exact) mass is 317 g/mol. The molecule has 0 aromatic carbocycles. The molecular weight excluding hydrogens is 294 g/mol. The normalized spacial score (nSPS) is 11.3. The Morgan fingerprint density at radius 3 is 2.74 bits per heavy atom. The third-order valence-electron chi connectivity index (χ3n) is 3.03. The first-order valence-corrected chi connectivity index (χ1v) is 7.71. The van der Waals surface area contributed by atoms with Crippen LogP contribution in [0, 0.1) is 0 Å². The molecule has 0 saturated carbocycles. The van der Waals surface area contributed by atoms with Gasteiger partial charge in [-0.25, -0.2) is 9.78 Å². The van der Waals surface area contributed by atoms with E-state index in [4.69, 9.17) is 4.74 Å². The van der Waals surface area contributed by atoms with Gasteiger partial charge in [-0.15, -0.1) is 5.10 Å². The van der Waals surface area contributed by atoms with Crippen LogP contribution in [-0.2, 0) is 17.7 Å². The summed E-state index contributed by atoms with van der Waals surface area (Å²) in [6.45, 7) is 6.33. The van der Waals surface area contributed by atoms with Gasteiger partial charge in [-0.3, -0.25) is 10.00 Å². The quantitative estimate of drug-likeness (QED) is 0.828. The third kappa shape index (κ3) is 6.46. The molecule has 1 N–H and O–H groups in total. The van der Waals surface area contributed by atoms with Crippen molar-refractivity contribution in [3.05, 3.63) is 36.3 Å². The molecular formula is C16H23N5O2. The van der Waals surface area contributed by atoms with E-state index in [1.165, 1.54) is 0 Å². The van der Waals surface area contributed by atoms with Crippen molar-refractivity contribution in [1.29, 1.82) is 0 Å². The highest BCUT2D eigenvalue weighted by atomic mass is 16.6. The fraction of sp³-hybridized carbons (Fsp3) is 0.500. The molecule has 0 atom stereocenters. The van der Waals surface area contributed by atoms with Crippen LogP contribution in [0.4, 0.5) is 10.6 Å². The number of amides is 1. The van der Waals surface area contributed by atoms with E-state index in [9.17, 15) is 4.79 Å². The van der Waals surface area contributed by atoms with Gasteiger partial charge >= 0.3 is 6.09 Å². The summed E-state index contributed by atoms with van der Waals surface area (Å²) < 4.78 is 7.01. The van der Waals surface area contributed by atoms with E-state index >= 15 is 0 Å². The van der Waals surface area contributed by atoms with E-state index in [1.807, 2.05) is 37.7 Å². The molecule has 0 aliphatic heterocycles. The first kappa shape index (κ1) is 16.9. The van der Waals surface area contributed by atoms with Crippen molar-refractivity contribution in [3.63, 3.8) is 0 Å². The fourth-order valence-corrected chi connectivity index (χ4v) is 2.01. The van der Waals surface area contributed by atoms with Crippen LogP contribution in [0.15, 0.2) is 30.7 Å². The average Bonchev–Trinajstić information content (AvgIpc) is 2.96. The van der Waals surface area contributed by atoms with E-state index < -0.39 is 11.7 Å². The van der Waals surface area contributed by atoms with Gasteiger partial charge in [-0.05, 0) is 51.7 Å². The van der Waals surface area contributed by atoms with E-state index in [0.717, 1.165) is 31.4 Å². The molecule has 2 rings (SSSR count). The maximum absolute atomic E-state index is 11.6. The van der Waals surface area contributed by atoms with Gasteiger partial charge in [0.15, 0.2) is 0 Å². The molecule has 0 aliphatic rings. The highest BCUT2D eigenvalue weighted by Gasteiger charge is 2.16. The number of aryl methyl sites for hydroxylation is 2.